The van der Waals surface area contributed by atoms with E-state index in [0.29, 0.717) is 23.5 Å². The third-order valence-corrected chi connectivity index (χ3v) is 6.90. The summed E-state index contributed by atoms with van der Waals surface area (Å²) in [5, 5.41) is 10.6. The number of alkyl halides is 9. The molecule has 0 aliphatic rings. The van der Waals surface area contributed by atoms with Crippen LogP contribution in [0, 0.1) is 0 Å². The highest BCUT2D eigenvalue weighted by Crippen LogP contribution is 2.50. The van der Waals surface area contributed by atoms with Gasteiger partial charge in [0.05, 0.1) is 5.69 Å². The van der Waals surface area contributed by atoms with Gasteiger partial charge in [0.2, 0.25) is 0 Å². The van der Waals surface area contributed by atoms with Gasteiger partial charge in [0.15, 0.2) is 0 Å². The molecular formula is C15H10F9NO3S2. The van der Waals surface area contributed by atoms with Crippen LogP contribution in [0.1, 0.15) is 5.56 Å². The van der Waals surface area contributed by atoms with Crippen LogP contribution >= 0.6 is 11.3 Å². The molecule has 0 fully saturated rings. The van der Waals surface area contributed by atoms with Gasteiger partial charge in [-0.25, -0.2) is 8.42 Å². The molecule has 0 amide bonds. The zero-order chi connectivity index (χ0) is 23.2. The number of hydrogen-bond acceptors (Lipinski definition) is 4. The first-order valence-corrected chi connectivity index (χ1v) is 9.82. The first kappa shape index (κ1) is 24.3. The van der Waals surface area contributed by atoms with Gasteiger partial charge in [-0.2, -0.15) is 39.5 Å². The van der Waals surface area contributed by atoms with E-state index in [0.717, 1.165) is 6.07 Å². The molecule has 0 aliphatic carbocycles. The summed E-state index contributed by atoms with van der Waals surface area (Å²) >= 11 is 0.559. The largest absolute Gasteiger partial charge is 0.430 e. The average molecular weight is 487 g/mol. The molecule has 0 bridgehead atoms. The molecule has 168 valence electrons. The van der Waals surface area contributed by atoms with E-state index in [2.05, 4.69) is 0 Å². The molecule has 0 spiro atoms. The van der Waals surface area contributed by atoms with Gasteiger partial charge in [0.25, 0.3) is 15.6 Å². The van der Waals surface area contributed by atoms with Gasteiger partial charge in [0, 0.05) is 5.56 Å². The predicted molar refractivity (Wildman–Crippen MR) is 87.4 cm³/mol. The van der Waals surface area contributed by atoms with E-state index in [1.807, 2.05) is 0 Å². The summed E-state index contributed by atoms with van der Waals surface area (Å²) in [4.78, 5) is 0. The lowest BCUT2D eigenvalue weighted by molar-refractivity contribution is -0.376. The fourth-order valence-corrected chi connectivity index (χ4v) is 4.91. The van der Waals surface area contributed by atoms with Gasteiger partial charge >= 0.3 is 18.5 Å². The Morgan fingerprint density at radius 3 is 1.73 bits per heavy atom. The Balaban J connectivity index is 2.58. The Labute approximate surface area is 167 Å². The minimum absolute atomic E-state index is 0.0592. The normalized spacial score (nSPS) is 14.1. The maximum atomic E-state index is 12.9. The molecule has 1 heterocycles. The number of nitrogens with zero attached hydrogens (tertiary/aromatic N) is 1. The van der Waals surface area contributed by atoms with Crippen LogP contribution in [0.15, 0.2) is 46.0 Å². The Kier molecular flexibility index (Phi) is 6.15. The van der Waals surface area contributed by atoms with Gasteiger partial charge in [0.1, 0.15) is 10.8 Å². The molecule has 1 aromatic carbocycles. The van der Waals surface area contributed by atoms with Crippen LogP contribution in [0.3, 0.4) is 0 Å². The van der Waals surface area contributed by atoms with Gasteiger partial charge in [-0.05, 0) is 23.6 Å². The maximum absolute atomic E-state index is 12.9. The van der Waals surface area contributed by atoms with Crippen LogP contribution in [0.25, 0.3) is 0 Å². The first-order chi connectivity index (χ1) is 13.4. The predicted octanol–water partition coefficient (Wildman–Crippen LogP) is 4.82. The van der Waals surface area contributed by atoms with Crippen molar-refractivity contribution in [1.29, 1.82) is 0 Å². The van der Waals surface area contributed by atoms with E-state index in [9.17, 15) is 53.0 Å². The van der Waals surface area contributed by atoms with Crippen molar-refractivity contribution in [3.05, 3.63) is 47.3 Å². The molecule has 2 rings (SSSR count). The third kappa shape index (κ3) is 4.51. The molecule has 0 aliphatic heterocycles. The van der Waals surface area contributed by atoms with Crippen LogP contribution in [-0.2, 0) is 15.6 Å². The first-order valence-electron chi connectivity index (χ1n) is 7.50. The minimum Gasteiger partial charge on any atom is -0.369 e. The molecule has 0 saturated carbocycles. The van der Waals surface area contributed by atoms with Crippen LogP contribution in [0.5, 0.6) is 0 Å². The van der Waals surface area contributed by atoms with Crippen molar-refractivity contribution in [1.82, 2.24) is 0 Å². The van der Waals surface area contributed by atoms with Crippen LogP contribution in [-0.4, -0.2) is 38.6 Å². The van der Waals surface area contributed by atoms with Crippen molar-refractivity contribution in [2.24, 2.45) is 0 Å². The molecule has 1 N–H and O–H groups in total. The molecule has 1 aromatic heterocycles. The van der Waals surface area contributed by atoms with Crippen LogP contribution < -0.4 is 4.31 Å². The molecular weight excluding hydrogens is 477 g/mol. The van der Waals surface area contributed by atoms with E-state index >= 15 is 0 Å². The average Bonchev–Trinajstić information content (AvgIpc) is 3.12. The summed E-state index contributed by atoms with van der Waals surface area (Å²) < 4.78 is 140. The molecule has 30 heavy (non-hydrogen) atoms. The van der Waals surface area contributed by atoms with Crippen molar-refractivity contribution in [2.45, 2.75) is 28.3 Å². The molecule has 2 aromatic rings. The highest BCUT2D eigenvalue weighted by atomic mass is 32.2. The zero-order valence-electron chi connectivity index (χ0n) is 14.2. The fourth-order valence-electron chi connectivity index (χ4n) is 2.35. The number of hydrogen-bond donors (Lipinski definition) is 1. The Morgan fingerprint density at radius 2 is 1.37 bits per heavy atom. The number of benzene rings is 1. The van der Waals surface area contributed by atoms with Gasteiger partial charge < -0.3 is 5.11 Å². The Hall–Kier alpha value is -2.00. The molecule has 4 nitrogen and oxygen atoms in total. The second-order valence-corrected chi connectivity index (χ2v) is 8.85. The highest BCUT2D eigenvalue weighted by molar-refractivity contribution is 7.94. The Morgan fingerprint density at radius 1 is 0.867 bits per heavy atom. The molecule has 0 radical (unpaired) electrons. The number of halogens is 9. The second kappa shape index (κ2) is 7.60. The summed E-state index contributed by atoms with van der Waals surface area (Å²) in [7, 11) is -4.82. The van der Waals surface area contributed by atoms with Gasteiger partial charge in [-0.1, -0.05) is 18.2 Å². The van der Waals surface area contributed by atoms with Crippen molar-refractivity contribution < 1.29 is 53.0 Å². The van der Waals surface area contributed by atoms with E-state index < -0.39 is 56.2 Å². The molecule has 15 heteroatoms. The zero-order valence-corrected chi connectivity index (χ0v) is 15.8. The summed E-state index contributed by atoms with van der Waals surface area (Å²) in [5.41, 5.74) is -7.90. The summed E-state index contributed by atoms with van der Waals surface area (Å²) in [6, 6.07) is 2.94. The lowest BCUT2D eigenvalue weighted by Gasteiger charge is -2.33. The number of sulfonamides is 1. The summed E-state index contributed by atoms with van der Waals surface area (Å²) in [6.07, 6.45) is -17.5. The van der Waals surface area contributed by atoms with E-state index in [1.54, 1.807) is 0 Å². The number of thiophene rings is 1. The second-order valence-electron chi connectivity index (χ2n) is 5.81. The van der Waals surface area contributed by atoms with E-state index in [4.69, 9.17) is 0 Å². The van der Waals surface area contributed by atoms with Crippen LogP contribution in [0.2, 0.25) is 0 Å². The van der Waals surface area contributed by atoms with Crippen LogP contribution in [0.4, 0.5) is 45.2 Å². The number of rotatable bonds is 5. The minimum atomic E-state index is -6.21. The maximum Gasteiger partial charge on any atom is 0.430 e. The van der Waals surface area contributed by atoms with E-state index in [-0.39, 0.29) is 16.4 Å². The number of anilines is 1. The lowest BCUT2D eigenvalue weighted by atomic mass is 9.92. The van der Waals surface area contributed by atoms with E-state index in [1.165, 1.54) is 11.4 Å². The quantitative estimate of drug-likeness (QED) is 0.616. The lowest BCUT2D eigenvalue weighted by Crippen LogP contribution is -2.53. The molecule has 0 atom stereocenters. The smallest absolute Gasteiger partial charge is 0.369 e. The van der Waals surface area contributed by atoms with Crippen molar-refractivity contribution in [3.8, 4) is 0 Å². The number of aliphatic hydroxyl groups is 1. The summed E-state index contributed by atoms with van der Waals surface area (Å²) in [5.74, 6) is 0. The standard InChI is InChI=1S/C15H10F9NO3S2/c16-12(17,18)8-25(30(27,28)11-2-1-7-29-11)10-5-3-9(4-6-10)13(26,14(19,20)21)15(22,23)24/h1-7,26H,8H2. The molecule has 0 saturated heterocycles. The summed E-state index contributed by atoms with van der Waals surface area (Å²) in [6.45, 7) is -2.09. The SMILES string of the molecule is O=S(=O)(c1cccs1)N(CC(F)(F)F)c1ccc(C(O)(C(F)(F)F)C(F)(F)F)cc1. The Bertz CT molecular complexity index is 949. The highest BCUT2D eigenvalue weighted by Gasteiger charge is 2.71. The fraction of sp³-hybridized carbons (Fsp3) is 0.333. The molecule has 0 unspecified atom stereocenters. The van der Waals surface area contributed by atoms with Crippen molar-refractivity contribution in [3.63, 3.8) is 0 Å². The van der Waals surface area contributed by atoms with Crippen molar-refractivity contribution in [2.75, 3.05) is 10.8 Å². The monoisotopic (exact) mass is 487 g/mol. The third-order valence-electron chi connectivity index (χ3n) is 3.76. The van der Waals surface area contributed by atoms with Gasteiger partial charge in [-0.3, -0.25) is 4.31 Å². The van der Waals surface area contributed by atoms with Gasteiger partial charge in [-0.15, -0.1) is 11.3 Å². The van der Waals surface area contributed by atoms with Crippen molar-refractivity contribution >= 4 is 27.0 Å². The topological polar surface area (TPSA) is 57.6 Å².